The summed E-state index contributed by atoms with van der Waals surface area (Å²) in [5, 5.41) is 0. The van der Waals surface area contributed by atoms with Crippen molar-refractivity contribution >= 4 is 0 Å². The first-order chi connectivity index (χ1) is 8.34. The van der Waals surface area contributed by atoms with Crippen molar-refractivity contribution in [1.82, 2.24) is 14.7 Å². The summed E-state index contributed by atoms with van der Waals surface area (Å²) in [6.45, 7) is 18.9. The largest absolute Gasteiger partial charge is 0.304 e. The van der Waals surface area contributed by atoms with Crippen LogP contribution >= 0.6 is 0 Å². The van der Waals surface area contributed by atoms with Crippen LogP contribution in [-0.2, 0) is 0 Å². The molecule has 1 fully saturated rings. The highest BCUT2D eigenvalue weighted by Crippen LogP contribution is 2.15. The van der Waals surface area contributed by atoms with Gasteiger partial charge in [-0.1, -0.05) is 6.92 Å². The first-order valence-corrected chi connectivity index (χ1v) is 7.52. The molecule has 0 radical (unpaired) electrons. The van der Waals surface area contributed by atoms with Crippen LogP contribution in [0, 0.1) is 0 Å². The summed E-state index contributed by atoms with van der Waals surface area (Å²) in [5.41, 5.74) is 0.302. The first kappa shape index (κ1) is 15.9. The van der Waals surface area contributed by atoms with Crippen molar-refractivity contribution < 1.29 is 0 Å². The van der Waals surface area contributed by atoms with Gasteiger partial charge < -0.3 is 4.90 Å². The summed E-state index contributed by atoms with van der Waals surface area (Å²) >= 11 is 0. The molecule has 1 aliphatic rings. The minimum absolute atomic E-state index is 0.302. The molecule has 1 rings (SSSR count). The molecule has 18 heavy (non-hydrogen) atoms. The van der Waals surface area contributed by atoms with Crippen LogP contribution in [0.25, 0.3) is 0 Å². The Balaban J connectivity index is 2.33. The van der Waals surface area contributed by atoms with Gasteiger partial charge in [0.25, 0.3) is 0 Å². The molecule has 0 bridgehead atoms. The van der Waals surface area contributed by atoms with E-state index in [9.17, 15) is 0 Å². The quantitative estimate of drug-likeness (QED) is 0.745. The Morgan fingerprint density at radius 1 is 1.11 bits per heavy atom. The highest BCUT2D eigenvalue weighted by Gasteiger charge is 2.23. The van der Waals surface area contributed by atoms with Gasteiger partial charge in [0.15, 0.2) is 0 Å². The van der Waals surface area contributed by atoms with Crippen LogP contribution in [0.2, 0.25) is 0 Å². The number of rotatable bonds is 5. The van der Waals surface area contributed by atoms with Gasteiger partial charge in [-0.15, -0.1) is 0 Å². The zero-order valence-electron chi connectivity index (χ0n) is 13.4. The molecule has 3 heteroatoms. The van der Waals surface area contributed by atoms with Crippen LogP contribution in [0.3, 0.4) is 0 Å². The molecule has 1 saturated heterocycles. The maximum Gasteiger partial charge on any atom is 0.0124 e. The standard InChI is InChI=1S/C15H33N3/c1-7-18(15(3,4)5)9-8-14(2)17-12-10-16(6)11-13-17/h14H,7-13H2,1-6H3. The molecule has 0 saturated carbocycles. The van der Waals surface area contributed by atoms with E-state index in [1.165, 1.54) is 39.1 Å². The van der Waals surface area contributed by atoms with Crippen molar-refractivity contribution in [2.24, 2.45) is 0 Å². The molecule has 1 heterocycles. The maximum absolute atomic E-state index is 2.65. The number of hydrogen-bond acceptors (Lipinski definition) is 3. The normalized spacial score (nSPS) is 21.5. The van der Waals surface area contributed by atoms with Gasteiger partial charge in [-0.2, -0.15) is 0 Å². The van der Waals surface area contributed by atoms with Crippen molar-refractivity contribution in [2.45, 2.75) is 52.6 Å². The molecule has 1 unspecified atom stereocenters. The fourth-order valence-corrected chi connectivity index (χ4v) is 2.76. The van der Waals surface area contributed by atoms with Gasteiger partial charge in [-0.3, -0.25) is 9.80 Å². The molecule has 0 aliphatic carbocycles. The highest BCUT2D eigenvalue weighted by atomic mass is 15.3. The second-order valence-electron chi connectivity index (χ2n) is 6.73. The van der Waals surface area contributed by atoms with Crippen LogP contribution in [-0.4, -0.2) is 72.6 Å². The molecular formula is C15H33N3. The van der Waals surface area contributed by atoms with Crippen molar-refractivity contribution in [1.29, 1.82) is 0 Å². The lowest BCUT2D eigenvalue weighted by atomic mass is 10.0. The lowest BCUT2D eigenvalue weighted by Crippen LogP contribution is -2.49. The molecule has 1 atom stereocenters. The van der Waals surface area contributed by atoms with Gasteiger partial charge >= 0.3 is 0 Å². The Hall–Kier alpha value is -0.120. The predicted octanol–water partition coefficient (Wildman–Crippen LogP) is 2.13. The molecule has 0 spiro atoms. The molecule has 0 aromatic carbocycles. The van der Waals surface area contributed by atoms with Crippen molar-refractivity contribution in [3.05, 3.63) is 0 Å². The highest BCUT2D eigenvalue weighted by molar-refractivity contribution is 4.79. The van der Waals surface area contributed by atoms with Crippen molar-refractivity contribution in [2.75, 3.05) is 46.3 Å². The topological polar surface area (TPSA) is 9.72 Å². The lowest BCUT2D eigenvalue weighted by Gasteiger charge is -2.39. The van der Waals surface area contributed by atoms with Gasteiger partial charge in [0.05, 0.1) is 0 Å². The Kier molecular flexibility index (Phi) is 6.09. The van der Waals surface area contributed by atoms with Crippen molar-refractivity contribution in [3.8, 4) is 0 Å². The number of likely N-dealkylation sites (N-methyl/N-ethyl adjacent to an activating group) is 1. The second kappa shape index (κ2) is 6.88. The van der Waals surface area contributed by atoms with Crippen molar-refractivity contribution in [3.63, 3.8) is 0 Å². The molecule has 0 amide bonds. The molecule has 0 N–H and O–H groups in total. The van der Waals surface area contributed by atoms with E-state index in [0.29, 0.717) is 5.54 Å². The van der Waals surface area contributed by atoms with Gasteiger partial charge in [0, 0.05) is 44.3 Å². The smallest absolute Gasteiger partial charge is 0.0124 e. The molecule has 3 nitrogen and oxygen atoms in total. The zero-order valence-corrected chi connectivity index (χ0v) is 13.4. The Morgan fingerprint density at radius 2 is 1.67 bits per heavy atom. The second-order valence-corrected chi connectivity index (χ2v) is 6.73. The third kappa shape index (κ3) is 4.87. The number of nitrogens with zero attached hydrogens (tertiary/aromatic N) is 3. The van der Waals surface area contributed by atoms with Crippen LogP contribution in [0.5, 0.6) is 0 Å². The first-order valence-electron chi connectivity index (χ1n) is 7.52. The molecule has 108 valence electrons. The van der Waals surface area contributed by atoms with E-state index < -0.39 is 0 Å². The third-order valence-corrected chi connectivity index (χ3v) is 4.31. The zero-order chi connectivity index (χ0) is 13.8. The number of piperazine rings is 1. The van der Waals surface area contributed by atoms with E-state index in [2.05, 4.69) is 56.4 Å². The van der Waals surface area contributed by atoms with Gasteiger partial charge in [0.1, 0.15) is 0 Å². The van der Waals surface area contributed by atoms with Crippen LogP contribution in [0.4, 0.5) is 0 Å². The van der Waals surface area contributed by atoms with Crippen LogP contribution < -0.4 is 0 Å². The summed E-state index contributed by atoms with van der Waals surface area (Å²) < 4.78 is 0. The summed E-state index contributed by atoms with van der Waals surface area (Å²) in [5.74, 6) is 0. The van der Waals surface area contributed by atoms with Crippen LogP contribution in [0.1, 0.15) is 41.0 Å². The molecule has 0 aromatic heterocycles. The summed E-state index contributed by atoms with van der Waals surface area (Å²) in [6, 6.07) is 0.718. The molecule has 0 aromatic rings. The Morgan fingerprint density at radius 3 is 2.11 bits per heavy atom. The summed E-state index contributed by atoms with van der Waals surface area (Å²) in [6.07, 6.45) is 1.29. The summed E-state index contributed by atoms with van der Waals surface area (Å²) in [4.78, 5) is 7.66. The number of hydrogen-bond donors (Lipinski definition) is 0. The minimum Gasteiger partial charge on any atom is -0.304 e. The monoisotopic (exact) mass is 255 g/mol. The average molecular weight is 255 g/mol. The van der Waals surface area contributed by atoms with Gasteiger partial charge in [0.2, 0.25) is 0 Å². The lowest BCUT2D eigenvalue weighted by molar-refractivity contribution is 0.0897. The SMILES string of the molecule is CCN(CCC(C)N1CCN(C)CC1)C(C)(C)C. The molecular weight excluding hydrogens is 222 g/mol. The van der Waals surface area contributed by atoms with Crippen LogP contribution in [0.15, 0.2) is 0 Å². The van der Waals surface area contributed by atoms with E-state index >= 15 is 0 Å². The predicted molar refractivity (Wildman–Crippen MR) is 80.1 cm³/mol. The molecule has 1 aliphatic heterocycles. The maximum atomic E-state index is 2.65. The fraction of sp³-hybridized carbons (Fsp3) is 1.00. The fourth-order valence-electron chi connectivity index (χ4n) is 2.76. The van der Waals surface area contributed by atoms with E-state index in [1.807, 2.05) is 0 Å². The van der Waals surface area contributed by atoms with Gasteiger partial charge in [-0.25, -0.2) is 0 Å². The van der Waals surface area contributed by atoms with E-state index in [-0.39, 0.29) is 0 Å². The summed E-state index contributed by atoms with van der Waals surface area (Å²) in [7, 11) is 2.22. The minimum atomic E-state index is 0.302. The Labute approximate surface area is 114 Å². The van der Waals surface area contributed by atoms with Gasteiger partial charge in [-0.05, 0) is 47.7 Å². The third-order valence-electron chi connectivity index (χ3n) is 4.31. The average Bonchev–Trinajstić information content (AvgIpc) is 2.28. The van der Waals surface area contributed by atoms with E-state index in [4.69, 9.17) is 0 Å². The van der Waals surface area contributed by atoms with E-state index in [1.54, 1.807) is 0 Å². The van der Waals surface area contributed by atoms with E-state index in [0.717, 1.165) is 12.6 Å². The Bertz CT molecular complexity index is 226.